The molecule has 0 bridgehead atoms. The van der Waals surface area contributed by atoms with Gasteiger partial charge in [0.15, 0.2) is 41.4 Å². The molecule has 8 atom stereocenters. The first-order valence-electron chi connectivity index (χ1n) is 16.3. The third kappa shape index (κ3) is 9.09. The van der Waals surface area contributed by atoms with Crippen LogP contribution in [0.3, 0.4) is 0 Å². The molecular formula is C37H46O14. The normalized spacial score (nSPS) is 31.7. The van der Waals surface area contributed by atoms with E-state index in [2.05, 4.69) is 0 Å². The SMILES string of the molecule is CC(=O)O[C@H]1[C@H](OC(C)=O)C(C)(C)C=C[C@@H](C)C(=O)[C@]2(OC(C)=O)C[C@](C)(O)[C@@H](OC(=O)c3ccccc3)C2=C[C@@](C)(OC(C)=O)[C@H]1OC(C)=O. The molecule has 0 amide bonds. The minimum atomic E-state index is -2.35. The van der Waals surface area contributed by atoms with Crippen molar-refractivity contribution in [2.75, 3.05) is 0 Å². The number of benzene rings is 1. The number of carbonyl (C=O) groups excluding carboxylic acids is 7. The van der Waals surface area contributed by atoms with Crippen molar-refractivity contribution >= 4 is 41.6 Å². The van der Waals surface area contributed by atoms with Gasteiger partial charge in [-0.3, -0.25) is 28.8 Å². The maximum atomic E-state index is 14.7. The molecule has 2 aliphatic carbocycles. The van der Waals surface area contributed by atoms with Crippen molar-refractivity contribution in [2.24, 2.45) is 11.3 Å². The van der Waals surface area contributed by atoms with Crippen LogP contribution in [0.1, 0.15) is 86.0 Å². The number of ketones is 1. The van der Waals surface area contributed by atoms with Crippen molar-refractivity contribution in [3.05, 3.63) is 59.7 Å². The van der Waals surface area contributed by atoms with E-state index in [1.54, 1.807) is 32.0 Å². The summed E-state index contributed by atoms with van der Waals surface area (Å²) in [7, 11) is 0. The quantitative estimate of drug-likeness (QED) is 0.245. The van der Waals surface area contributed by atoms with Crippen LogP contribution < -0.4 is 0 Å². The molecular weight excluding hydrogens is 668 g/mol. The maximum Gasteiger partial charge on any atom is 0.338 e. The maximum absolute atomic E-state index is 14.7. The lowest BCUT2D eigenvalue weighted by atomic mass is 9.74. The lowest BCUT2D eigenvalue weighted by Crippen LogP contribution is -2.60. The number of aliphatic hydroxyl groups is 1. The van der Waals surface area contributed by atoms with E-state index in [4.69, 9.17) is 28.4 Å². The summed E-state index contributed by atoms with van der Waals surface area (Å²) < 4.78 is 34.8. The van der Waals surface area contributed by atoms with Crippen molar-refractivity contribution in [2.45, 2.75) is 117 Å². The Morgan fingerprint density at radius 1 is 0.725 bits per heavy atom. The first-order valence-corrected chi connectivity index (χ1v) is 16.3. The summed E-state index contributed by atoms with van der Waals surface area (Å²) in [6.07, 6.45) is -3.27. The van der Waals surface area contributed by atoms with Crippen molar-refractivity contribution in [1.82, 2.24) is 0 Å². The summed E-state index contributed by atoms with van der Waals surface area (Å²) in [5, 5.41) is 12.0. The van der Waals surface area contributed by atoms with E-state index >= 15 is 0 Å². The van der Waals surface area contributed by atoms with Crippen LogP contribution in [0.15, 0.2) is 54.1 Å². The second kappa shape index (κ2) is 15.2. The molecule has 0 aromatic heterocycles. The Hall–Kier alpha value is -4.85. The first kappa shape index (κ1) is 40.6. The molecule has 2 aliphatic rings. The molecule has 0 unspecified atom stereocenters. The molecule has 0 aliphatic heterocycles. The second-order valence-electron chi connectivity index (χ2n) is 14.0. The average molecular weight is 715 g/mol. The number of carbonyl (C=O) groups is 7. The zero-order valence-electron chi connectivity index (χ0n) is 30.5. The summed E-state index contributed by atoms with van der Waals surface area (Å²) in [4.78, 5) is 92.0. The van der Waals surface area contributed by atoms with Crippen LogP contribution in [0, 0.1) is 11.3 Å². The van der Waals surface area contributed by atoms with E-state index in [9.17, 15) is 38.7 Å². The third-order valence-electron chi connectivity index (χ3n) is 8.69. The van der Waals surface area contributed by atoms with Crippen molar-refractivity contribution < 1.29 is 67.1 Å². The van der Waals surface area contributed by atoms with E-state index in [-0.39, 0.29) is 11.1 Å². The van der Waals surface area contributed by atoms with Gasteiger partial charge in [0.1, 0.15) is 5.60 Å². The molecule has 1 aromatic carbocycles. The van der Waals surface area contributed by atoms with Gasteiger partial charge in [-0.2, -0.15) is 0 Å². The zero-order valence-corrected chi connectivity index (χ0v) is 30.5. The van der Waals surface area contributed by atoms with Gasteiger partial charge in [0, 0.05) is 57.9 Å². The summed E-state index contributed by atoms with van der Waals surface area (Å²) >= 11 is 0. The molecule has 14 nitrogen and oxygen atoms in total. The van der Waals surface area contributed by atoms with Gasteiger partial charge in [0.2, 0.25) is 0 Å². The molecule has 1 aromatic rings. The second-order valence-corrected chi connectivity index (χ2v) is 14.0. The smallest absolute Gasteiger partial charge is 0.338 e. The van der Waals surface area contributed by atoms with Crippen LogP contribution in [-0.4, -0.2) is 87.9 Å². The molecule has 1 N–H and O–H groups in total. The molecule has 0 spiro atoms. The van der Waals surface area contributed by atoms with Crippen LogP contribution in [0.4, 0.5) is 0 Å². The van der Waals surface area contributed by atoms with E-state index in [0.717, 1.165) is 40.7 Å². The Balaban J connectivity index is 2.58. The van der Waals surface area contributed by atoms with E-state index < -0.39 is 101 Å². The Labute approximate surface area is 296 Å². The fraction of sp³-hybridized carbons (Fsp3) is 0.541. The lowest BCUT2D eigenvalue weighted by molar-refractivity contribution is -0.213. The Morgan fingerprint density at radius 3 is 1.76 bits per heavy atom. The molecule has 3 rings (SSSR count). The van der Waals surface area contributed by atoms with Gasteiger partial charge in [-0.15, -0.1) is 0 Å². The third-order valence-corrected chi connectivity index (χ3v) is 8.69. The summed E-state index contributed by atoms with van der Waals surface area (Å²) in [5.74, 6) is -7.31. The minimum absolute atomic E-state index is 0.0802. The van der Waals surface area contributed by atoms with Crippen LogP contribution in [-0.2, 0) is 57.2 Å². The molecule has 278 valence electrons. The lowest BCUT2D eigenvalue weighted by Gasteiger charge is -2.45. The van der Waals surface area contributed by atoms with Crippen molar-refractivity contribution in [1.29, 1.82) is 0 Å². The number of hydrogen-bond donors (Lipinski definition) is 1. The highest BCUT2D eigenvalue weighted by Crippen LogP contribution is 2.50. The highest BCUT2D eigenvalue weighted by atomic mass is 16.6. The fourth-order valence-electron chi connectivity index (χ4n) is 6.71. The van der Waals surface area contributed by atoms with E-state index in [1.165, 1.54) is 45.1 Å². The Bertz CT molecular complexity index is 1620. The number of rotatable bonds is 7. The molecule has 1 fully saturated rings. The van der Waals surface area contributed by atoms with Gasteiger partial charge in [-0.25, -0.2) is 4.79 Å². The molecule has 1 saturated carbocycles. The van der Waals surface area contributed by atoms with E-state index in [1.807, 2.05) is 0 Å². The summed E-state index contributed by atoms with van der Waals surface area (Å²) in [5.41, 5.74) is -8.27. The van der Waals surface area contributed by atoms with Crippen molar-refractivity contribution in [3.8, 4) is 0 Å². The van der Waals surface area contributed by atoms with E-state index in [0.29, 0.717) is 0 Å². The fourth-order valence-corrected chi connectivity index (χ4v) is 6.71. The molecule has 0 radical (unpaired) electrons. The first-order chi connectivity index (χ1) is 23.5. The number of hydrogen-bond acceptors (Lipinski definition) is 14. The highest BCUT2D eigenvalue weighted by molar-refractivity contribution is 5.97. The van der Waals surface area contributed by atoms with Gasteiger partial charge in [-0.05, 0) is 32.1 Å². The summed E-state index contributed by atoms with van der Waals surface area (Å²) in [6.45, 7) is 12.5. The van der Waals surface area contributed by atoms with Gasteiger partial charge in [0.25, 0.3) is 0 Å². The topological polar surface area (TPSA) is 195 Å². The van der Waals surface area contributed by atoms with Gasteiger partial charge in [-0.1, -0.05) is 51.1 Å². The van der Waals surface area contributed by atoms with Gasteiger partial charge >= 0.3 is 35.8 Å². The molecule has 0 heterocycles. The van der Waals surface area contributed by atoms with Crippen molar-refractivity contribution in [3.63, 3.8) is 0 Å². The average Bonchev–Trinajstić information content (AvgIpc) is 3.19. The number of esters is 6. The number of allylic oxidation sites excluding steroid dienone is 1. The Kier molecular flexibility index (Phi) is 12.1. The zero-order chi connectivity index (χ0) is 38.7. The van der Waals surface area contributed by atoms with Crippen LogP contribution in [0.25, 0.3) is 0 Å². The monoisotopic (exact) mass is 714 g/mol. The molecule has 51 heavy (non-hydrogen) atoms. The highest BCUT2D eigenvalue weighted by Gasteiger charge is 2.65. The standard InChI is InChI=1S/C37H46O14/c1-20-16-17-34(7,8)31(47-22(3)39)28(46-21(2)38)32(48-23(4)40)36(10,50-24(5)41)18-27-30(49-33(44)26-14-12-11-13-15-26)35(9,45)19-37(27,29(20)43)51-25(6)42/h11-18,20,28,30-32,45H,19H2,1-10H3/t20-,28+,30+,31+,32+,35+,36-,37+/m1/s1. The number of Topliss-reactive ketones (excluding diaryl/α,β-unsaturated/α-hetero) is 1. The molecule has 0 saturated heterocycles. The Morgan fingerprint density at radius 2 is 1.25 bits per heavy atom. The predicted octanol–water partition coefficient (Wildman–Crippen LogP) is 3.51. The number of ether oxygens (including phenoxy) is 6. The largest absolute Gasteiger partial charge is 0.458 e. The van der Waals surface area contributed by atoms with Gasteiger partial charge < -0.3 is 33.5 Å². The summed E-state index contributed by atoms with van der Waals surface area (Å²) in [6, 6.07) is 7.74. The van der Waals surface area contributed by atoms with Crippen LogP contribution in [0.2, 0.25) is 0 Å². The minimum Gasteiger partial charge on any atom is -0.458 e. The van der Waals surface area contributed by atoms with Gasteiger partial charge in [0.05, 0.1) is 5.56 Å². The molecule has 14 heteroatoms. The number of fused-ring (bicyclic) bond motifs is 1. The van der Waals surface area contributed by atoms with Crippen LogP contribution in [0.5, 0.6) is 0 Å². The van der Waals surface area contributed by atoms with Crippen LogP contribution >= 0.6 is 0 Å². The predicted molar refractivity (Wildman–Crippen MR) is 177 cm³/mol.